The average Bonchev–Trinajstić information content (AvgIpc) is 3.14. The van der Waals surface area contributed by atoms with Gasteiger partial charge in [-0.15, -0.1) is 0 Å². The molecule has 1 aromatic heterocycles. The Morgan fingerprint density at radius 3 is 2.61 bits per heavy atom. The number of aryl methyl sites for hydroxylation is 1. The van der Waals surface area contributed by atoms with E-state index >= 15 is 0 Å². The summed E-state index contributed by atoms with van der Waals surface area (Å²) in [4.78, 5) is 17.2. The van der Waals surface area contributed by atoms with Crippen molar-refractivity contribution in [3.8, 4) is 0 Å². The second-order valence-electron chi connectivity index (χ2n) is 7.92. The van der Waals surface area contributed by atoms with Gasteiger partial charge in [0.25, 0.3) is 0 Å². The molecule has 4 heteroatoms. The first-order valence-electron chi connectivity index (χ1n) is 10.4. The van der Waals surface area contributed by atoms with Crippen LogP contribution in [0.15, 0.2) is 54.7 Å². The molecular weight excluding hydrogens is 346 g/mol. The molecule has 1 amide bonds. The fourth-order valence-corrected chi connectivity index (χ4v) is 4.41. The number of nitrogens with one attached hydrogen (secondary N) is 1. The van der Waals surface area contributed by atoms with Crippen LogP contribution in [-0.2, 0) is 6.42 Å². The van der Waals surface area contributed by atoms with E-state index < -0.39 is 0 Å². The summed E-state index contributed by atoms with van der Waals surface area (Å²) in [6.07, 6.45) is 8.09. The van der Waals surface area contributed by atoms with Crippen molar-refractivity contribution >= 4 is 16.8 Å². The molecule has 28 heavy (non-hydrogen) atoms. The molecule has 0 radical (unpaired) electrons. The number of amides is 1. The van der Waals surface area contributed by atoms with E-state index in [2.05, 4.69) is 46.4 Å². The first kappa shape index (κ1) is 18.8. The van der Waals surface area contributed by atoms with Gasteiger partial charge < -0.3 is 15.6 Å². The van der Waals surface area contributed by atoms with Crippen molar-refractivity contribution in [1.29, 1.82) is 0 Å². The van der Waals surface area contributed by atoms with Crippen LogP contribution in [0.4, 0.5) is 0 Å². The molecule has 0 atom stereocenters. The number of aromatic amines is 1. The number of rotatable bonds is 7. The van der Waals surface area contributed by atoms with E-state index in [1.54, 1.807) is 0 Å². The van der Waals surface area contributed by atoms with Gasteiger partial charge in [0.2, 0.25) is 5.91 Å². The van der Waals surface area contributed by atoms with Crippen LogP contribution in [0.3, 0.4) is 0 Å². The minimum absolute atomic E-state index is 0.380. The molecule has 0 unspecified atom stereocenters. The molecule has 1 saturated heterocycles. The van der Waals surface area contributed by atoms with Gasteiger partial charge in [-0.2, -0.15) is 0 Å². The number of carbonyl (C=O) groups excluding carboxylic acids is 1. The van der Waals surface area contributed by atoms with E-state index in [-0.39, 0.29) is 5.91 Å². The number of carbonyl (C=O) groups is 1. The van der Waals surface area contributed by atoms with Gasteiger partial charge in [0.1, 0.15) is 0 Å². The number of primary amides is 1. The van der Waals surface area contributed by atoms with E-state index in [0.29, 0.717) is 5.56 Å². The second kappa shape index (κ2) is 8.61. The average molecular weight is 376 g/mol. The summed E-state index contributed by atoms with van der Waals surface area (Å²) in [7, 11) is 0. The van der Waals surface area contributed by atoms with Crippen molar-refractivity contribution < 1.29 is 4.79 Å². The number of fused-ring (bicyclic) bond motifs is 1. The van der Waals surface area contributed by atoms with Crippen molar-refractivity contribution in [2.75, 3.05) is 19.6 Å². The van der Waals surface area contributed by atoms with Crippen molar-refractivity contribution in [2.45, 2.75) is 38.0 Å². The zero-order valence-electron chi connectivity index (χ0n) is 16.4. The third kappa shape index (κ3) is 4.28. The predicted molar refractivity (Wildman–Crippen MR) is 115 cm³/mol. The van der Waals surface area contributed by atoms with Gasteiger partial charge >= 0.3 is 0 Å². The van der Waals surface area contributed by atoms with Gasteiger partial charge in [0.05, 0.1) is 0 Å². The maximum Gasteiger partial charge on any atom is 0.248 e. The molecule has 3 N–H and O–H groups in total. The number of hydrogen-bond acceptors (Lipinski definition) is 2. The lowest BCUT2D eigenvalue weighted by Crippen LogP contribution is -2.33. The van der Waals surface area contributed by atoms with Crippen LogP contribution in [0, 0.1) is 0 Å². The maximum absolute atomic E-state index is 11.3. The van der Waals surface area contributed by atoms with Crippen LogP contribution >= 0.6 is 0 Å². The standard InChI is InChI=1S/C24H29N3O/c25-24(28)20-9-10-22-21(17-26-23(22)16-20)8-4-5-13-27-14-11-19(12-15-27)18-6-2-1-3-7-18/h1-3,6-7,9-10,16-17,19,26H,4-5,8,11-15H2,(H2,25,28). The minimum atomic E-state index is -0.380. The maximum atomic E-state index is 11.3. The van der Waals surface area contributed by atoms with E-state index in [1.807, 2.05) is 18.2 Å². The smallest absolute Gasteiger partial charge is 0.248 e. The Morgan fingerprint density at radius 1 is 1.07 bits per heavy atom. The fourth-order valence-electron chi connectivity index (χ4n) is 4.41. The number of hydrogen-bond donors (Lipinski definition) is 2. The molecule has 0 spiro atoms. The number of nitrogens with zero attached hydrogens (tertiary/aromatic N) is 1. The molecule has 0 aliphatic carbocycles. The van der Waals surface area contributed by atoms with Crippen LogP contribution in [0.2, 0.25) is 0 Å². The van der Waals surface area contributed by atoms with Gasteiger partial charge in [0.15, 0.2) is 0 Å². The molecular formula is C24H29N3O. The Bertz CT molecular complexity index is 923. The van der Waals surface area contributed by atoms with E-state index in [9.17, 15) is 4.79 Å². The molecule has 3 aromatic rings. The number of H-pyrrole nitrogens is 1. The van der Waals surface area contributed by atoms with Gasteiger partial charge in [-0.3, -0.25) is 4.79 Å². The summed E-state index contributed by atoms with van der Waals surface area (Å²) >= 11 is 0. The summed E-state index contributed by atoms with van der Waals surface area (Å²) in [6, 6.07) is 16.6. The second-order valence-corrected chi connectivity index (χ2v) is 7.92. The quantitative estimate of drug-likeness (QED) is 0.599. The molecule has 2 heterocycles. The predicted octanol–water partition coefficient (Wildman–Crippen LogP) is 4.47. The first-order chi connectivity index (χ1) is 13.7. The van der Waals surface area contributed by atoms with Crippen LogP contribution in [0.1, 0.15) is 53.1 Å². The highest BCUT2D eigenvalue weighted by atomic mass is 16.1. The van der Waals surface area contributed by atoms with Crippen molar-refractivity contribution in [3.05, 3.63) is 71.4 Å². The lowest BCUT2D eigenvalue weighted by Gasteiger charge is -2.32. The van der Waals surface area contributed by atoms with Crippen LogP contribution in [0.25, 0.3) is 10.9 Å². The number of nitrogens with two attached hydrogens (primary N) is 1. The number of unbranched alkanes of at least 4 members (excludes halogenated alkanes) is 1. The molecule has 1 aliphatic heterocycles. The van der Waals surface area contributed by atoms with E-state index in [1.165, 1.54) is 61.8 Å². The van der Waals surface area contributed by atoms with Gasteiger partial charge in [-0.05, 0) is 80.9 Å². The summed E-state index contributed by atoms with van der Waals surface area (Å²) < 4.78 is 0. The minimum Gasteiger partial charge on any atom is -0.366 e. The summed E-state index contributed by atoms with van der Waals surface area (Å²) in [5, 5.41) is 1.20. The van der Waals surface area contributed by atoms with Crippen LogP contribution in [-0.4, -0.2) is 35.4 Å². The zero-order valence-corrected chi connectivity index (χ0v) is 16.4. The topological polar surface area (TPSA) is 62.1 Å². The third-order valence-electron chi connectivity index (χ3n) is 6.08. The molecule has 1 aliphatic rings. The Labute approximate surface area is 166 Å². The molecule has 2 aromatic carbocycles. The van der Waals surface area contributed by atoms with Crippen LogP contribution < -0.4 is 5.73 Å². The van der Waals surface area contributed by atoms with E-state index in [4.69, 9.17) is 5.73 Å². The fraction of sp³-hybridized carbons (Fsp3) is 0.375. The molecule has 4 rings (SSSR count). The lowest BCUT2D eigenvalue weighted by atomic mass is 9.89. The Morgan fingerprint density at radius 2 is 1.86 bits per heavy atom. The third-order valence-corrected chi connectivity index (χ3v) is 6.08. The Balaban J connectivity index is 1.22. The van der Waals surface area contributed by atoms with Gasteiger partial charge in [-0.25, -0.2) is 0 Å². The van der Waals surface area contributed by atoms with Gasteiger partial charge in [-0.1, -0.05) is 36.4 Å². The normalized spacial score (nSPS) is 15.9. The van der Waals surface area contributed by atoms with Crippen molar-refractivity contribution in [3.63, 3.8) is 0 Å². The molecule has 0 saturated carbocycles. The summed E-state index contributed by atoms with van der Waals surface area (Å²) in [6.45, 7) is 3.61. The highest BCUT2D eigenvalue weighted by Crippen LogP contribution is 2.28. The Hall–Kier alpha value is -2.59. The summed E-state index contributed by atoms with van der Waals surface area (Å²) in [5.41, 5.74) is 9.74. The highest BCUT2D eigenvalue weighted by Gasteiger charge is 2.19. The lowest BCUT2D eigenvalue weighted by molar-refractivity contribution is 0.100. The zero-order chi connectivity index (χ0) is 19.3. The molecule has 1 fully saturated rings. The number of piperidine rings is 1. The molecule has 0 bridgehead atoms. The summed E-state index contributed by atoms with van der Waals surface area (Å²) in [5.74, 6) is 0.350. The van der Waals surface area contributed by atoms with Crippen LogP contribution in [0.5, 0.6) is 0 Å². The number of benzene rings is 2. The SMILES string of the molecule is NC(=O)c1ccc2c(CCCCN3CCC(c4ccccc4)CC3)c[nH]c2c1. The Kier molecular flexibility index (Phi) is 5.77. The largest absolute Gasteiger partial charge is 0.366 e. The first-order valence-corrected chi connectivity index (χ1v) is 10.4. The molecule has 146 valence electrons. The number of likely N-dealkylation sites (tertiary alicyclic amines) is 1. The van der Waals surface area contributed by atoms with Crippen molar-refractivity contribution in [2.24, 2.45) is 5.73 Å². The molecule has 4 nitrogen and oxygen atoms in total. The van der Waals surface area contributed by atoms with Crippen molar-refractivity contribution in [1.82, 2.24) is 9.88 Å². The number of aromatic nitrogens is 1. The van der Waals surface area contributed by atoms with E-state index in [0.717, 1.165) is 17.9 Å². The van der Waals surface area contributed by atoms with Gasteiger partial charge in [0, 0.05) is 22.7 Å². The highest BCUT2D eigenvalue weighted by molar-refractivity contribution is 5.97. The monoisotopic (exact) mass is 375 g/mol.